The number of hydrogen-bond donors (Lipinski definition) is 2. The average Bonchev–Trinajstić information content (AvgIpc) is 2.29. The maximum absolute atomic E-state index is 11.6. The van der Waals surface area contributed by atoms with Gasteiger partial charge in [-0.3, -0.25) is 4.79 Å². The van der Waals surface area contributed by atoms with Crippen LogP contribution in [0.25, 0.3) is 0 Å². The number of halogens is 3. The molecule has 0 heterocycles. The molecule has 0 aliphatic carbocycles. The second-order valence-electron chi connectivity index (χ2n) is 2.96. The van der Waals surface area contributed by atoms with E-state index in [1.807, 2.05) is 0 Å². The number of nitrogens with one attached hydrogen (secondary N) is 1. The van der Waals surface area contributed by atoms with E-state index in [-0.39, 0.29) is 19.5 Å². The van der Waals surface area contributed by atoms with Crippen molar-refractivity contribution in [1.29, 1.82) is 0 Å². The first-order valence-electron chi connectivity index (χ1n) is 4.72. The molecule has 0 bridgehead atoms. The molecule has 0 fully saturated rings. The zero-order chi connectivity index (χ0) is 14.2. The number of alkyl halides is 3. The van der Waals surface area contributed by atoms with Gasteiger partial charge in [-0.15, -0.1) is 0 Å². The van der Waals surface area contributed by atoms with Crippen molar-refractivity contribution in [1.82, 2.24) is 5.32 Å². The van der Waals surface area contributed by atoms with Crippen LogP contribution >= 0.6 is 0 Å². The largest absolute Gasteiger partial charge is 0.495 e. The second kappa shape index (κ2) is 7.48. The number of amides is 1. The van der Waals surface area contributed by atoms with Gasteiger partial charge in [0, 0.05) is 19.5 Å². The maximum Gasteiger partial charge on any atom is 0.495 e. The summed E-state index contributed by atoms with van der Waals surface area (Å²) in [5.41, 5.74) is 5.08. The van der Waals surface area contributed by atoms with Gasteiger partial charge < -0.3 is 11.1 Å². The Morgan fingerprint density at radius 1 is 1.11 bits per heavy atom. The molecule has 0 aromatic rings. The molecule has 0 saturated heterocycles. The normalized spacial score (nSPS) is 10.7. The zero-order valence-electron chi connectivity index (χ0n) is 9.08. The number of nitrogens with two attached hydrogens (primary N) is 1. The molecule has 10 heteroatoms. The summed E-state index contributed by atoms with van der Waals surface area (Å²) in [6, 6.07) is 0. The Morgan fingerprint density at radius 2 is 1.72 bits per heavy atom. The minimum atomic E-state index is -5.25. The molecule has 0 aromatic heterocycles. The van der Waals surface area contributed by atoms with Crippen LogP contribution in [0.5, 0.6) is 0 Å². The van der Waals surface area contributed by atoms with Crippen LogP contribution in [0.1, 0.15) is 12.8 Å². The van der Waals surface area contributed by atoms with Crippen LogP contribution in [0.15, 0.2) is 0 Å². The summed E-state index contributed by atoms with van der Waals surface area (Å²) >= 11 is 0. The van der Waals surface area contributed by atoms with Crippen molar-refractivity contribution in [3.8, 4) is 0 Å². The Labute approximate surface area is 99.3 Å². The van der Waals surface area contributed by atoms with E-state index in [4.69, 9.17) is 5.73 Å². The van der Waals surface area contributed by atoms with Crippen LogP contribution in [0.4, 0.5) is 13.2 Å². The first-order chi connectivity index (χ1) is 8.27. The Hall–Kier alpha value is -1.84. The highest BCUT2D eigenvalue weighted by atomic mass is 19.4. The van der Waals surface area contributed by atoms with Crippen molar-refractivity contribution in [3.63, 3.8) is 0 Å². The van der Waals surface area contributed by atoms with E-state index in [9.17, 15) is 27.6 Å². The van der Waals surface area contributed by atoms with Crippen molar-refractivity contribution in [2.45, 2.75) is 19.0 Å². The van der Waals surface area contributed by atoms with Gasteiger partial charge in [-0.25, -0.2) is 19.4 Å². The van der Waals surface area contributed by atoms with Crippen LogP contribution in [-0.2, 0) is 24.2 Å². The molecule has 0 aromatic carbocycles. The van der Waals surface area contributed by atoms with Gasteiger partial charge in [0.25, 0.3) is 0 Å². The van der Waals surface area contributed by atoms with Crippen molar-refractivity contribution in [2.75, 3.05) is 13.1 Å². The number of rotatable bonds is 5. The molecule has 0 radical (unpaired) electrons. The lowest BCUT2D eigenvalue weighted by Crippen LogP contribution is -2.30. The Balaban J connectivity index is 3.79. The number of hydrogen-bond acceptors (Lipinski definition) is 6. The molecule has 0 spiro atoms. The highest BCUT2D eigenvalue weighted by molar-refractivity contribution is 5.81. The van der Waals surface area contributed by atoms with Gasteiger partial charge in [-0.1, -0.05) is 0 Å². The molecule has 18 heavy (non-hydrogen) atoms. The Kier molecular flexibility index (Phi) is 6.71. The lowest BCUT2D eigenvalue weighted by Gasteiger charge is -2.05. The van der Waals surface area contributed by atoms with Gasteiger partial charge in [-0.2, -0.15) is 13.2 Å². The molecule has 1 amide bonds. The van der Waals surface area contributed by atoms with Crippen LogP contribution < -0.4 is 11.1 Å². The van der Waals surface area contributed by atoms with Crippen LogP contribution in [0.3, 0.4) is 0 Å². The Morgan fingerprint density at radius 3 is 2.22 bits per heavy atom. The minimum absolute atomic E-state index is 0.205. The summed E-state index contributed by atoms with van der Waals surface area (Å²) in [5, 5.41) is 2.32. The number of carbonyl (C=O) groups is 3. The van der Waals surface area contributed by atoms with Gasteiger partial charge in [-0.05, 0) is 0 Å². The van der Waals surface area contributed by atoms with Crippen LogP contribution in [0, 0.1) is 0 Å². The number of carbonyl (C=O) groups excluding carboxylic acids is 3. The van der Waals surface area contributed by atoms with Crippen LogP contribution in [-0.4, -0.2) is 37.1 Å². The first kappa shape index (κ1) is 16.2. The summed E-state index contributed by atoms with van der Waals surface area (Å²) in [4.78, 5) is 38.6. The minimum Gasteiger partial charge on any atom is -0.355 e. The molecule has 104 valence electrons. The predicted molar refractivity (Wildman–Crippen MR) is 49.5 cm³/mol. The third-order valence-corrected chi connectivity index (χ3v) is 1.46. The summed E-state index contributed by atoms with van der Waals surface area (Å²) < 4.78 is 34.8. The molecular weight excluding hydrogens is 261 g/mol. The fraction of sp³-hybridized carbons (Fsp3) is 0.625. The van der Waals surface area contributed by atoms with E-state index < -0.39 is 30.4 Å². The van der Waals surface area contributed by atoms with E-state index in [0.717, 1.165) is 0 Å². The monoisotopic (exact) mass is 272 g/mol. The second-order valence-corrected chi connectivity index (χ2v) is 2.96. The average molecular weight is 272 g/mol. The van der Waals surface area contributed by atoms with Gasteiger partial charge in [0.2, 0.25) is 5.91 Å². The molecule has 7 nitrogen and oxygen atoms in total. The molecule has 0 unspecified atom stereocenters. The third-order valence-electron chi connectivity index (χ3n) is 1.46. The highest BCUT2D eigenvalue weighted by Crippen LogP contribution is 2.16. The zero-order valence-corrected chi connectivity index (χ0v) is 9.08. The maximum atomic E-state index is 11.6. The van der Waals surface area contributed by atoms with Gasteiger partial charge in [0.15, 0.2) is 0 Å². The first-order valence-corrected chi connectivity index (χ1v) is 4.72. The van der Waals surface area contributed by atoms with Crippen molar-refractivity contribution < 1.29 is 37.3 Å². The van der Waals surface area contributed by atoms with Gasteiger partial charge in [0.1, 0.15) is 0 Å². The standard InChI is InChI=1S/C8H11F3N2O5/c9-8(10,11)7(16)18-17-6(15)2-1-5(14)13-4-3-12/h1-4,12H2,(H,13,14). The van der Waals surface area contributed by atoms with E-state index in [1.54, 1.807) is 0 Å². The summed E-state index contributed by atoms with van der Waals surface area (Å²) in [6.07, 6.45) is -6.09. The SMILES string of the molecule is NCCNC(=O)CCC(=O)OOC(=O)C(F)(F)F. The molecule has 0 aliphatic heterocycles. The summed E-state index contributed by atoms with van der Waals surface area (Å²) in [7, 11) is 0. The van der Waals surface area contributed by atoms with Crippen molar-refractivity contribution in [3.05, 3.63) is 0 Å². The smallest absolute Gasteiger partial charge is 0.355 e. The summed E-state index contributed by atoms with van der Waals surface area (Å²) in [5.74, 6) is -4.45. The third kappa shape index (κ3) is 7.44. The van der Waals surface area contributed by atoms with Crippen molar-refractivity contribution >= 4 is 17.8 Å². The lowest BCUT2D eigenvalue weighted by atomic mass is 10.3. The van der Waals surface area contributed by atoms with Gasteiger partial charge >= 0.3 is 18.1 Å². The van der Waals surface area contributed by atoms with E-state index in [2.05, 4.69) is 15.1 Å². The highest BCUT2D eigenvalue weighted by Gasteiger charge is 2.43. The Bertz CT molecular complexity index is 318. The molecule has 3 N–H and O–H groups in total. The fourth-order valence-corrected chi connectivity index (χ4v) is 0.689. The van der Waals surface area contributed by atoms with Gasteiger partial charge in [0.05, 0.1) is 6.42 Å². The van der Waals surface area contributed by atoms with Crippen LogP contribution in [0.2, 0.25) is 0 Å². The topological polar surface area (TPSA) is 108 Å². The quantitative estimate of drug-likeness (QED) is 0.511. The molecule has 0 saturated carbocycles. The predicted octanol–water partition coefficient (Wildman–Crippen LogP) is -0.595. The lowest BCUT2D eigenvalue weighted by molar-refractivity contribution is -0.285. The summed E-state index contributed by atoms with van der Waals surface area (Å²) in [6.45, 7) is 0.413. The molecule has 0 aliphatic rings. The molecular formula is C8H11F3N2O5. The van der Waals surface area contributed by atoms with E-state index in [1.165, 1.54) is 0 Å². The van der Waals surface area contributed by atoms with Crippen molar-refractivity contribution in [2.24, 2.45) is 5.73 Å². The molecule has 0 atom stereocenters. The van der Waals surface area contributed by atoms with E-state index >= 15 is 0 Å². The van der Waals surface area contributed by atoms with E-state index in [0.29, 0.717) is 0 Å². The molecule has 0 rings (SSSR count). The fourth-order valence-electron chi connectivity index (χ4n) is 0.689.